The Balaban J connectivity index is 2.70. The molecule has 0 saturated carbocycles. The largest absolute Gasteiger partial charge is 0.381 e. The van der Waals surface area contributed by atoms with Gasteiger partial charge in [-0.1, -0.05) is 0 Å². The van der Waals surface area contributed by atoms with E-state index in [0.717, 1.165) is 12.2 Å². The van der Waals surface area contributed by atoms with Crippen LogP contribution in [-0.4, -0.2) is 22.5 Å². The SMILES string of the molecule is CSC(C)(C)CNc1cnccc1C#N. The summed E-state index contributed by atoms with van der Waals surface area (Å²) < 4.78 is 0.155. The maximum atomic E-state index is 8.88. The van der Waals surface area contributed by atoms with Gasteiger partial charge in [-0.15, -0.1) is 0 Å². The number of anilines is 1. The van der Waals surface area contributed by atoms with E-state index in [1.807, 2.05) is 0 Å². The molecule has 1 aromatic rings. The number of nitrogens with one attached hydrogen (secondary N) is 1. The van der Waals surface area contributed by atoms with E-state index in [-0.39, 0.29) is 4.75 Å². The third-order valence-electron chi connectivity index (χ3n) is 2.20. The molecule has 80 valence electrons. The minimum atomic E-state index is 0.155. The zero-order valence-electron chi connectivity index (χ0n) is 9.24. The highest BCUT2D eigenvalue weighted by atomic mass is 32.2. The lowest BCUT2D eigenvalue weighted by Gasteiger charge is -2.23. The molecule has 0 fully saturated rings. The maximum Gasteiger partial charge on any atom is 0.101 e. The molecule has 0 aromatic carbocycles. The topological polar surface area (TPSA) is 48.7 Å². The molecule has 1 aromatic heterocycles. The number of hydrogen-bond donors (Lipinski definition) is 1. The van der Waals surface area contributed by atoms with Crippen LogP contribution < -0.4 is 5.32 Å². The zero-order valence-corrected chi connectivity index (χ0v) is 10.1. The van der Waals surface area contributed by atoms with Crippen LogP contribution in [0.15, 0.2) is 18.5 Å². The number of thioether (sulfide) groups is 1. The molecule has 0 spiro atoms. The number of aromatic nitrogens is 1. The van der Waals surface area contributed by atoms with Gasteiger partial charge in [-0.3, -0.25) is 4.98 Å². The molecule has 1 heterocycles. The van der Waals surface area contributed by atoms with Gasteiger partial charge in [0.25, 0.3) is 0 Å². The van der Waals surface area contributed by atoms with Crippen molar-refractivity contribution in [2.24, 2.45) is 0 Å². The van der Waals surface area contributed by atoms with Gasteiger partial charge < -0.3 is 5.32 Å². The van der Waals surface area contributed by atoms with E-state index < -0.39 is 0 Å². The molecule has 0 unspecified atom stereocenters. The highest BCUT2D eigenvalue weighted by Crippen LogP contribution is 2.22. The molecule has 0 radical (unpaired) electrons. The smallest absolute Gasteiger partial charge is 0.101 e. The summed E-state index contributed by atoms with van der Waals surface area (Å²) in [5.41, 5.74) is 1.45. The molecule has 0 aliphatic carbocycles. The van der Waals surface area contributed by atoms with E-state index >= 15 is 0 Å². The van der Waals surface area contributed by atoms with Crippen molar-refractivity contribution in [1.29, 1.82) is 5.26 Å². The molecule has 1 N–H and O–H groups in total. The summed E-state index contributed by atoms with van der Waals surface area (Å²) in [6.45, 7) is 5.13. The molecule has 0 atom stereocenters. The first-order chi connectivity index (χ1) is 7.09. The van der Waals surface area contributed by atoms with Gasteiger partial charge in [-0.2, -0.15) is 17.0 Å². The summed E-state index contributed by atoms with van der Waals surface area (Å²) in [5.74, 6) is 0. The van der Waals surface area contributed by atoms with Crippen LogP contribution in [0.3, 0.4) is 0 Å². The lowest BCUT2D eigenvalue weighted by Crippen LogP contribution is -2.26. The highest BCUT2D eigenvalue weighted by molar-refractivity contribution is 7.99. The number of pyridine rings is 1. The van der Waals surface area contributed by atoms with Gasteiger partial charge >= 0.3 is 0 Å². The molecule has 0 bridgehead atoms. The van der Waals surface area contributed by atoms with E-state index in [4.69, 9.17) is 5.26 Å². The van der Waals surface area contributed by atoms with Crippen LogP contribution in [-0.2, 0) is 0 Å². The van der Waals surface area contributed by atoms with Crippen LogP contribution in [0.1, 0.15) is 19.4 Å². The Morgan fingerprint density at radius 3 is 2.93 bits per heavy atom. The Labute approximate surface area is 94.9 Å². The van der Waals surface area contributed by atoms with Gasteiger partial charge in [-0.05, 0) is 26.2 Å². The van der Waals surface area contributed by atoms with Gasteiger partial charge in [0.05, 0.1) is 17.4 Å². The molecular formula is C11H15N3S. The first-order valence-electron chi connectivity index (χ1n) is 4.72. The second-order valence-corrected chi connectivity index (χ2v) is 5.36. The Bertz CT molecular complexity index is 368. The molecule has 15 heavy (non-hydrogen) atoms. The fourth-order valence-corrected chi connectivity index (χ4v) is 1.23. The van der Waals surface area contributed by atoms with E-state index in [1.54, 1.807) is 30.2 Å². The van der Waals surface area contributed by atoms with Crippen LogP contribution in [0.5, 0.6) is 0 Å². The molecule has 0 saturated heterocycles. The van der Waals surface area contributed by atoms with Gasteiger partial charge in [0.2, 0.25) is 0 Å². The van der Waals surface area contributed by atoms with Crippen LogP contribution in [0, 0.1) is 11.3 Å². The molecule has 3 nitrogen and oxygen atoms in total. The van der Waals surface area contributed by atoms with Crippen LogP contribution in [0.4, 0.5) is 5.69 Å². The summed E-state index contributed by atoms with van der Waals surface area (Å²) in [6, 6.07) is 3.86. The van der Waals surface area contributed by atoms with Crippen molar-refractivity contribution in [1.82, 2.24) is 4.98 Å². The molecule has 4 heteroatoms. The fraction of sp³-hybridized carbons (Fsp3) is 0.455. The monoisotopic (exact) mass is 221 g/mol. The summed E-state index contributed by atoms with van der Waals surface area (Å²) in [4.78, 5) is 4.00. The predicted octanol–water partition coefficient (Wildman–Crippen LogP) is 2.51. The third kappa shape index (κ3) is 3.45. The summed E-state index contributed by atoms with van der Waals surface area (Å²) in [5, 5.41) is 12.1. The summed E-state index contributed by atoms with van der Waals surface area (Å²) >= 11 is 1.79. The molecule has 0 amide bonds. The number of nitriles is 1. The van der Waals surface area contributed by atoms with Crippen molar-refractivity contribution < 1.29 is 0 Å². The Morgan fingerprint density at radius 2 is 2.33 bits per heavy atom. The van der Waals surface area contributed by atoms with E-state index in [2.05, 4.69) is 36.5 Å². The van der Waals surface area contributed by atoms with Crippen molar-refractivity contribution in [3.8, 4) is 6.07 Å². The van der Waals surface area contributed by atoms with Crippen molar-refractivity contribution in [3.05, 3.63) is 24.0 Å². The Hall–Kier alpha value is -1.21. The van der Waals surface area contributed by atoms with E-state index in [0.29, 0.717) is 5.56 Å². The van der Waals surface area contributed by atoms with Crippen molar-refractivity contribution in [2.75, 3.05) is 18.1 Å². The van der Waals surface area contributed by atoms with Gasteiger partial charge in [-0.25, -0.2) is 0 Å². The predicted molar refractivity (Wildman–Crippen MR) is 65.0 cm³/mol. The standard InChI is InChI=1S/C11H15N3S/c1-11(2,15-3)8-14-10-7-13-5-4-9(10)6-12/h4-5,7,14H,8H2,1-3H3. The normalized spacial score (nSPS) is 10.8. The summed E-state index contributed by atoms with van der Waals surface area (Å²) in [6.07, 6.45) is 5.40. The second kappa shape index (κ2) is 5.04. The minimum Gasteiger partial charge on any atom is -0.381 e. The third-order valence-corrected chi connectivity index (χ3v) is 3.45. The summed E-state index contributed by atoms with van der Waals surface area (Å²) in [7, 11) is 0. The average molecular weight is 221 g/mol. The molecular weight excluding hydrogens is 206 g/mol. The van der Waals surface area contributed by atoms with Gasteiger partial charge in [0.1, 0.15) is 6.07 Å². The van der Waals surface area contributed by atoms with E-state index in [1.165, 1.54) is 0 Å². The van der Waals surface area contributed by atoms with Crippen LogP contribution in [0.25, 0.3) is 0 Å². The second-order valence-electron chi connectivity index (χ2n) is 3.85. The van der Waals surface area contributed by atoms with Gasteiger partial charge in [0.15, 0.2) is 0 Å². The minimum absolute atomic E-state index is 0.155. The number of hydrogen-bond acceptors (Lipinski definition) is 4. The lowest BCUT2D eigenvalue weighted by atomic mass is 10.2. The lowest BCUT2D eigenvalue weighted by molar-refractivity contribution is 0.752. The number of nitrogens with zero attached hydrogens (tertiary/aromatic N) is 2. The fourth-order valence-electron chi connectivity index (χ4n) is 1.01. The van der Waals surface area contributed by atoms with Crippen molar-refractivity contribution in [3.63, 3.8) is 0 Å². The molecule has 0 aliphatic rings. The van der Waals surface area contributed by atoms with E-state index in [9.17, 15) is 0 Å². The van der Waals surface area contributed by atoms with Crippen molar-refractivity contribution >= 4 is 17.4 Å². The highest BCUT2D eigenvalue weighted by Gasteiger charge is 2.15. The van der Waals surface area contributed by atoms with Crippen molar-refractivity contribution in [2.45, 2.75) is 18.6 Å². The van der Waals surface area contributed by atoms with Crippen LogP contribution >= 0.6 is 11.8 Å². The average Bonchev–Trinajstić information content (AvgIpc) is 2.27. The molecule has 1 rings (SSSR count). The first kappa shape index (κ1) is 11.9. The zero-order chi connectivity index (χ0) is 11.3. The first-order valence-corrected chi connectivity index (χ1v) is 5.94. The van der Waals surface area contributed by atoms with Crippen LogP contribution in [0.2, 0.25) is 0 Å². The maximum absolute atomic E-state index is 8.88. The Morgan fingerprint density at radius 1 is 1.60 bits per heavy atom. The van der Waals surface area contributed by atoms with Gasteiger partial charge in [0, 0.05) is 17.5 Å². The number of rotatable bonds is 4. The Kier molecular flexibility index (Phi) is 3.98. The quantitative estimate of drug-likeness (QED) is 0.848. The molecule has 0 aliphatic heterocycles.